The summed E-state index contributed by atoms with van der Waals surface area (Å²) in [6.45, 7) is 1.28. The van der Waals surface area contributed by atoms with Gasteiger partial charge in [-0.05, 0) is 54.8 Å². The van der Waals surface area contributed by atoms with Crippen LogP contribution < -0.4 is 4.74 Å². The molecule has 0 heterocycles. The van der Waals surface area contributed by atoms with Gasteiger partial charge < -0.3 is 4.74 Å². The normalized spacial score (nSPS) is 14.7. The van der Waals surface area contributed by atoms with Gasteiger partial charge in [-0.25, -0.2) is 8.42 Å². The second-order valence-electron chi connectivity index (χ2n) is 6.32. The highest BCUT2D eigenvalue weighted by Gasteiger charge is 2.30. The van der Waals surface area contributed by atoms with Gasteiger partial charge in [-0.3, -0.25) is 4.90 Å². The van der Waals surface area contributed by atoms with E-state index in [0.717, 1.165) is 30.7 Å². The first kappa shape index (κ1) is 18.2. The fourth-order valence-electron chi connectivity index (χ4n) is 2.79. The second kappa shape index (κ2) is 7.77. The molecule has 25 heavy (non-hydrogen) atoms. The van der Waals surface area contributed by atoms with Crippen molar-refractivity contribution >= 4 is 21.4 Å². The smallest absolute Gasteiger partial charge is 0.179 e. The average Bonchev–Trinajstić information content (AvgIpc) is 3.44. The Morgan fingerprint density at radius 3 is 2.28 bits per heavy atom. The molecule has 0 N–H and O–H groups in total. The van der Waals surface area contributed by atoms with Crippen LogP contribution in [0.25, 0.3) is 0 Å². The van der Waals surface area contributed by atoms with Gasteiger partial charge in [0.1, 0.15) is 5.75 Å². The van der Waals surface area contributed by atoms with E-state index in [0.29, 0.717) is 22.5 Å². The van der Waals surface area contributed by atoms with Crippen molar-refractivity contribution in [1.29, 1.82) is 0 Å². The maximum atomic E-state index is 12.5. The second-order valence-corrected chi connectivity index (χ2v) is 8.87. The van der Waals surface area contributed by atoms with E-state index in [1.165, 1.54) is 0 Å². The Morgan fingerprint density at radius 1 is 1.08 bits per heavy atom. The number of halogens is 1. The maximum Gasteiger partial charge on any atom is 0.179 e. The predicted molar refractivity (Wildman–Crippen MR) is 99.9 cm³/mol. The SMILES string of the molecule is COc1ccc(CN(CCS(=O)(=O)c2ccc(Cl)cc2)C2CC2)cc1. The molecule has 0 unspecified atom stereocenters. The predicted octanol–water partition coefficient (Wildman–Crippen LogP) is 3.79. The molecule has 6 heteroatoms. The van der Waals surface area contributed by atoms with Crippen molar-refractivity contribution in [3.05, 3.63) is 59.1 Å². The molecule has 1 saturated carbocycles. The van der Waals surface area contributed by atoms with Crippen LogP contribution >= 0.6 is 11.6 Å². The quantitative estimate of drug-likeness (QED) is 0.700. The Hall–Kier alpha value is -1.56. The highest BCUT2D eigenvalue weighted by Crippen LogP contribution is 2.29. The van der Waals surface area contributed by atoms with E-state index in [4.69, 9.17) is 16.3 Å². The van der Waals surface area contributed by atoms with Crippen molar-refractivity contribution < 1.29 is 13.2 Å². The van der Waals surface area contributed by atoms with E-state index in [9.17, 15) is 8.42 Å². The van der Waals surface area contributed by atoms with E-state index in [1.54, 1.807) is 31.4 Å². The third-order valence-electron chi connectivity index (χ3n) is 4.43. The van der Waals surface area contributed by atoms with Gasteiger partial charge in [0, 0.05) is 24.2 Å². The van der Waals surface area contributed by atoms with Gasteiger partial charge in [0.25, 0.3) is 0 Å². The molecule has 0 radical (unpaired) electrons. The first-order valence-electron chi connectivity index (χ1n) is 8.33. The summed E-state index contributed by atoms with van der Waals surface area (Å²) in [6.07, 6.45) is 2.27. The molecule has 0 amide bonds. The molecule has 0 aliphatic heterocycles. The van der Waals surface area contributed by atoms with Gasteiger partial charge in [0.05, 0.1) is 17.8 Å². The number of methoxy groups -OCH3 is 1. The molecule has 2 aromatic carbocycles. The fourth-order valence-corrected chi connectivity index (χ4v) is 4.18. The standard InChI is InChI=1S/C19H22ClNO3S/c1-24-18-8-2-15(3-9-18)14-21(17-6-7-17)12-13-25(22,23)19-10-4-16(20)5-11-19/h2-5,8-11,17H,6-7,12-14H2,1H3. The highest BCUT2D eigenvalue weighted by atomic mass is 35.5. The van der Waals surface area contributed by atoms with Gasteiger partial charge >= 0.3 is 0 Å². The number of nitrogens with zero attached hydrogens (tertiary/aromatic N) is 1. The zero-order chi connectivity index (χ0) is 17.9. The fraction of sp³-hybridized carbons (Fsp3) is 0.368. The van der Waals surface area contributed by atoms with Crippen LogP contribution in [-0.2, 0) is 16.4 Å². The van der Waals surface area contributed by atoms with E-state index in [-0.39, 0.29) is 5.75 Å². The van der Waals surface area contributed by atoms with E-state index in [1.807, 2.05) is 24.3 Å². The van der Waals surface area contributed by atoms with Crippen molar-refractivity contribution in [2.75, 3.05) is 19.4 Å². The maximum absolute atomic E-state index is 12.5. The van der Waals surface area contributed by atoms with Crippen molar-refractivity contribution in [2.24, 2.45) is 0 Å². The number of benzene rings is 2. The van der Waals surface area contributed by atoms with Crippen LogP contribution in [0.4, 0.5) is 0 Å². The summed E-state index contributed by atoms with van der Waals surface area (Å²) in [5.41, 5.74) is 1.16. The molecule has 0 aromatic heterocycles. The number of ether oxygens (including phenoxy) is 1. The molecule has 0 spiro atoms. The van der Waals surface area contributed by atoms with Crippen molar-refractivity contribution in [3.8, 4) is 5.75 Å². The Kier molecular flexibility index (Phi) is 5.67. The third-order valence-corrected chi connectivity index (χ3v) is 6.39. The van der Waals surface area contributed by atoms with Crippen LogP contribution in [0.2, 0.25) is 5.02 Å². The first-order valence-corrected chi connectivity index (χ1v) is 10.4. The van der Waals surface area contributed by atoms with Crippen molar-refractivity contribution in [3.63, 3.8) is 0 Å². The first-order chi connectivity index (χ1) is 12.0. The topological polar surface area (TPSA) is 46.6 Å². The lowest BCUT2D eigenvalue weighted by Gasteiger charge is -2.22. The summed E-state index contributed by atoms with van der Waals surface area (Å²) in [4.78, 5) is 2.59. The highest BCUT2D eigenvalue weighted by molar-refractivity contribution is 7.91. The van der Waals surface area contributed by atoms with Gasteiger partial charge in [-0.2, -0.15) is 0 Å². The summed E-state index contributed by atoms with van der Waals surface area (Å²) in [6, 6.07) is 14.8. The van der Waals surface area contributed by atoms with Crippen molar-refractivity contribution in [1.82, 2.24) is 4.90 Å². The number of sulfone groups is 1. The Balaban J connectivity index is 1.64. The molecule has 0 bridgehead atoms. The molecule has 134 valence electrons. The zero-order valence-electron chi connectivity index (χ0n) is 14.2. The molecule has 1 aliphatic carbocycles. The van der Waals surface area contributed by atoms with Crippen LogP contribution in [0, 0.1) is 0 Å². The van der Waals surface area contributed by atoms with Crippen LogP contribution in [-0.4, -0.2) is 38.8 Å². The molecule has 1 fully saturated rings. The molecule has 0 saturated heterocycles. The van der Waals surface area contributed by atoms with Crippen LogP contribution in [0.15, 0.2) is 53.4 Å². The minimum Gasteiger partial charge on any atom is -0.497 e. The number of rotatable bonds is 8. The van der Waals surface area contributed by atoms with Crippen LogP contribution in [0.5, 0.6) is 5.75 Å². The number of hydrogen-bond acceptors (Lipinski definition) is 4. The lowest BCUT2D eigenvalue weighted by atomic mass is 10.2. The van der Waals surface area contributed by atoms with E-state index < -0.39 is 9.84 Å². The summed E-state index contributed by atoms with van der Waals surface area (Å²) in [5.74, 6) is 0.938. The minimum absolute atomic E-state index is 0.112. The summed E-state index contributed by atoms with van der Waals surface area (Å²) >= 11 is 5.84. The molecule has 1 aliphatic rings. The molecular weight excluding hydrogens is 358 g/mol. The average molecular weight is 380 g/mol. The van der Waals surface area contributed by atoms with Crippen LogP contribution in [0.3, 0.4) is 0 Å². The summed E-state index contributed by atoms with van der Waals surface area (Å²) in [7, 11) is -1.66. The van der Waals surface area contributed by atoms with E-state index >= 15 is 0 Å². The molecule has 3 rings (SSSR count). The van der Waals surface area contributed by atoms with E-state index in [2.05, 4.69) is 4.90 Å². The largest absolute Gasteiger partial charge is 0.497 e. The minimum atomic E-state index is -3.30. The summed E-state index contributed by atoms with van der Waals surface area (Å²) in [5, 5.41) is 0.540. The van der Waals surface area contributed by atoms with Crippen LogP contribution in [0.1, 0.15) is 18.4 Å². The Morgan fingerprint density at radius 2 is 1.72 bits per heavy atom. The van der Waals surface area contributed by atoms with Gasteiger partial charge in [-0.1, -0.05) is 23.7 Å². The summed E-state index contributed by atoms with van der Waals surface area (Å²) < 4.78 is 30.3. The third kappa shape index (κ3) is 4.97. The lowest BCUT2D eigenvalue weighted by Crippen LogP contribution is -2.31. The Bertz CT molecular complexity index is 800. The monoisotopic (exact) mass is 379 g/mol. The molecular formula is C19H22ClNO3S. The van der Waals surface area contributed by atoms with Gasteiger partial charge in [0.15, 0.2) is 9.84 Å². The lowest BCUT2D eigenvalue weighted by molar-refractivity contribution is 0.270. The van der Waals surface area contributed by atoms with Gasteiger partial charge in [-0.15, -0.1) is 0 Å². The molecule has 0 atom stereocenters. The Labute approximate surface area is 154 Å². The van der Waals surface area contributed by atoms with Crippen molar-refractivity contribution in [2.45, 2.75) is 30.3 Å². The molecule has 2 aromatic rings. The zero-order valence-corrected chi connectivity index (χ0v) is 15.8. The van der Waals surface area contributed by atoms with Gasteiger partial charge in [0.2, 0.25) is 0 Å². The number of hydrogen-bond donors (Lipinski definition) is 0. The molecule has 4 nitrogen and oxygen atoms in total.